The lowest BCUT2D eigenvalue weighted by Crippen LogP contribution is -2.44. The highest BCUT2D eigenvalue weighted by Gasteiger charge is 2.34. The Hall–Kier alpha value is -0.290. The van der Waals surface area contributed by atoms with E-state index in [0.717, 1.165) is 12.8 Å². The van der Waals surface area contributed by atoms with Crippen LogP contribution in [0.15, 0.2) is 10.3 Å². The normalized spacial score (nSPS) is 37.1. The van der Waals surface area contributed by atoms with Crippen LogP contribution in [0.1, 0.15) is 32.1 Å². The summed E-state index contributed by atoms with van der Waals surface area (Å²) in [5, 5.41) is 8.11. The Bertz CT molecular complexity index is 212. The van der Waals surface area contributed by atoms with E-state index in [2.05, 4.69) is 28.4 Å². The smallest absolute Gasteiger partial charge is 0.0972 e. The molecule has 4 nitrogen and oxygen atoms in total. The molecule has 1 fully saturated rings. The minimum Gasteiger partial charge on any atom is -0.366 e. The summed E-state index contributed by atoms with van der Waals surface area (Å²) < 4.78 is 5.61. The first-order valence-electron chi connectivity index (χ1n) is 5.29. The summed E-state index contributed by atoms with van der Waals surface area (Å²) in [5.74, 6) is 0.482. The van der Waals surface area contributed by atoms with Crippen LogP contribution in [0.25, 0.3) is 0 Å². The summed E-state index contributed by atoms with van der Waals surface area (Å²) in [6.45, 7) is 0. The zero-order valence-electron chi connectivity index (χ0n) is 8.22. The van der Waals surface area contributed by atoms with Gasteiger partial charge in [0.1, 0.15) is 0 Å². The first-order valence-corrected chi connectivity index (χ1v) is 5.93. The van der Waals surface area contributed by atoms with Crippen LogP contribution >= 0.6 is 12.6 Å². The largest absolute Gasteiger partial charge is 0.366 e. The molecule has 2 rings (SSSR count). The van der Waals surface area contributed by atoms with E-state index in [1.165, 1.54) is 19.3 Å². The van der Waals surface area contributed by atoms with Crippen LogP contribution in [0.3, 0.4) is 0 Å². The van der Waals surface area contributed by atoms with Crippen LogP contribution in [0.4, 0.5) is 0 Å². The fraction of sp³-hybridized carbons (Fsp3) is 1.00. The Morgan fingerprint density at radius 3 is 3.00 bits per heavy atom. The number of hydrogen-bond acceptors (Lipinski definition) is 5. The fourth-order valence-electron chi connectivity index (χ4n) is 2.24. The summed E-state index contributed by atoms with van der Waals surface area (Å²) >= 11 is 4.11. The van der Waals surface area contributed by atoms with E-state index in [9.17, 15) is 0 Å². The predicted octanol–water partition coefficient (Wildman–Crippen LogP) is 1.93. The molecule has 3 unspecified atom stereocenters. The summed E-state index contributed by atoms with van der Waals surface area (Å²) in [6, 6.07) is 0.600. The summed E-state index contributed by atoms with van der Waals surface area (Å²) in [5.41, 5.74) is 3.06. The van der Waals surface area contributed by atoms with E-state index < -0.39 is 0 Å². The van der Waals surface area contributed by atoms with Crippen molar-refractivity contribution in [2.45, 2.75) is 50.3 Å². The van der Waals surface area contributed by atoms with Gasteiger partial charge in [-0.3, -0.25) is 5.43 Å². The van der Waals surface area contributed by atoms with Gasteiger partial charge in [-0.2, -0.15) is 17.7 Å². The Kier molecular flexibility index (Phi) is 3.64. The molecule has 1 heterocycles. The van der Waals surface area contributed by atoms with E-state index in [1.54, 1.807) is 0 Å². The third kappa shape index (κ3) is 2.20. The van der Waals surface area contributed by atoms with Gasteiger partial charge in [-0.25, -0.2) is 0 Å². The Balaban J connectivity index is 1.98. The number of fused-ring (bicyclic) bond motifs is 1. The lowest BCUT2D eigenvalue weighted by atomic mass is 9.91. The third-order valence-corrected chi connectivity index (χ3v) is 3.15. The van der Waals surface area contributed by atoms with Gasteiger partial charge in [-0.05, 0) is 12.8 Å². The molecule has 0 bridgehead atoms. The van der Waals surface area contributed by atoms with Gasteiger partial charge in [0.2, 0.25) is 0 Å². The number of thiol groups is 1. The maximum Gasteiger partial charge on any atom is 0.0972 e. The van der Waals surface area contributed by atoms with E-state index in [-0.39, 0.29) is 12.1 Å². The summed E-state index contributed by atoms with van der Waals surface area (Å²) in [6.07, 6.45) is 6.24. The topological polar surface area (TPSA) is 46.0 Å². The van der Waals surface area contributed by atoms with Crippen molar-refractivity contribution in [1.29, 1.82) is 0 Å². The van der Waals surface area contributed by atoms with E-state index in [0.29, 0.717) is 12.0 Å². The van der Waals surface area contributed by atoms with Gasteiger partial charge in [0.15, 0.2) is 0 Å². The van der Waals surface area contributed by atoms with Crippen LogP contribution in [-0.4, -0.2) is 24.1 Å². The lowest BCUT2D eigenvalue weighted by Gasteiger charge is -2.28. The SMILES string of the molecule is SCOC1CCCCCC2N=NNC21. The minimum absolute atomic E-state index is 0.229. The summed E-state index contributed by atoms with van der Waals surface area (Å²) in [7, 11) is 0. The van der Waals surface area contributed by atoms with Gasteiger partial charge in [-0.1, -0.05) is 24.5 Å². The molecular weight excluding hydrogens is 198 g/mol. The monoisotopic (exact) mass is 215 g/mol. The Morgan fingerprint density at radius 2 is 2.14 bits per heavy atom. The molecule has 80 valence electrons. The van der Waals surface area contributed by atoms with Gasteiger partial charge in [0.05, 0.1) is 24.1 Å². The number of ether oxygens (including phenoxy) is 1. The first kappa shape index (κ1) is 10.2. The van der Waals surface area contributed by atoms with Crippen molar-refractivity contribution in [3.63, 3.8) is 0 Å². The minimum atomic E-state index is 0.229. The maximum atomic E-state index is 5.61. The van der Waals surface area contributed by atoms with Crippen LogP contribution in [0, 0.1) is 0 Å². The molecule has 2 aliphatic rings. The van der Waals surface area contributed by atoms with Crippen molar-refractivity contribution < 1.29 is 4.74 Å². The van der Waals surface area contributed by atoms with Crippen LogP contribution in [-0.2, 0) is 4.74 Å². The molecule has 0 radical (unpaired) electrons. The molecule has 0 amide bonds. The van der Waals surface area contributed by atoms with Crippen LogP contribution < -0.4 is 5.43 Å². The molecule has 1 aliphatic heterocycles. The molecule has 0 aromatic rings. The molecular formula is C9H17N3OS. The molecule has 0 spiro atoms. The van der Waals surface area contributed by atoms with Crippen molar-refractivity contribution >= 4 is 12.6 Å². The third-order valence-electron chi connectivity index (χ3n) is 3.01. The Labute approximate surface area is 89.9 Å². The van der Waals surface area contributed by atoms with E-state index in [4.69, 9.17) is 4.74 Å². The number of nitrogens with one attached hydrogen (secondary N) is 1. The second kappa shape index (κ2) is 4.98. The molecule has 1 N–H and O–H groups in total. The van der Waals surface area contributed by atoms with E-state index >= 15 is 0 Å². The van der Waals surface area contributed by atoms with Gasteiger partial charge in [-0.15, -0.1) is 0 Å². The maximum absolute atomic E-state index is 5.61. The molecule has 14 heavy (non-hydrogen) atoms. The molecule has 0 saturated heterocycles. The van der Waals surface area contributed by atoms with E-state index in [1.807, 2.05) is 0 Å². The van der Waals surface area contributed by atoms with Gasteiger partial charge in [0, 0.05) is 0 Å². The molecule has 3 atom stereocenters. The predicted molar refractivity (Wildman–Crippen MR) is 57.4 cm³/mol. The molecule has 5 heteroatoms. The van der Waals surface area contributed by atoms with Crippen molar-refractivity contribution in [2.24, 2.45) is 10.3 Å². The zero-order chi connectivity index (χ0) is 9.80. The molecule has 1 saturated carbocycles. The highest BCUT2D eigenvalue weighted by atomic mass is 32.1. The van der Waals surface area contributed by atoms with Crippen molar-refractivity contribution in [1.82, 2.24) is 5.43 Å². The second-order valence-electron chi connectivity index (χ2n) is 3.91. The lowest BCUT2D eigenvalue weighted by molar-refractivity contribution is 0.0440. The van der Waals surface area contributed by atoms with Crippen LogP contribution in [0.5, 0.6) is 0 Å². The summed E-state index contributed by atoms with van der Waals surface area (Å²) in [4.78, 5) is 0. The zero-order valence-corrected chi connectivity index (χ0v) is 9.12. The van der Waals surface area contributed by atoms with Gasteiger partial charge < -0.3 is 4.74 Å². The van der Waals surface area contributed by atoms with Crippen LogP contribution in [0.2, 0.25) is 0 Å². The molecule has 0 aromatic heterocycles. The quantitative estimate of drug-likeness (QED) is 0.546. The highest BCUT2D eigenvalue weighted by Crippen LogP contribution is 2.25. The number of hydrogen-bond donors (Lipinski definition) is 2. The van der Waals surface area contributed by atoms with Crippen molar-refractivity contribution in [3.05, 3.63) is 0 Å². The number of nitrogens with zero attached hydrogens (tertiary/aromatic N) is 2. The van der Waals surface area contributed by atoms with Crippen molar-refractivity contribution in [3.8, 4) is 0 Å². The van der Waals surface area contributed by atoms with Gasteiger partial charge >= 0.3 is 0 Å². The Morgan fingerprint density at radius 1 is 1.29 bits per heavy atom. The molecule has 0 aromatic carbocycles. The fourth-order valence-corrected chi connectivity index (χ4v) is 2.43. The molecule has 1 aliphatic carbocycles. The number of rotatable bonds is 2. The standard InChI is InChI=1S/C9H17N3OS/c14-6-13-8-5-3-1-2-4-7-9(8)11-12-10-7/h7-9,14H,1-6H2,(H,10,11). The van der Waals surface area contributed by atoms with Gasteiger partial charge in [0.25, 0.3) is 0 Å². The first-order chi connectivity index (χ1) is 6.92. The average Bonchev–Trinajstić information content (AvgIpc) is 2.59. The second-order valence-corrected chi connectivity index (χ2v) is 4.17. The van der Waals surface area contributed by atoms with Crippen molar-refractivity contribution in [2.75, 3.05) is 5.94 Å². The highest BCUT2D eigenvalue weighted by molar-refractivity contribution is 7.80. The average molecular weight is 215 g/mol.